The van der Waals surface area contributed by atoms with Gasteiger partial charge in [0.1, 0.15) is 0 Å². The van der Waals surface area contributed by atoms with Crippen molar-refractivity contribution in [3.63, 3.8) is 0 Å². The van der Waals surface area contributed by atoms with Gasteiger partial charge in [-0.3, -0.25) is 0 Å². The predicted molar refractivity (Wildman–Crippen MR) is 20.0 cm³/mol. The van der Waals surface area contributed by atoms with E-state index in [9.17, 15) is 0 Å². The molecule has 0 saturated heterocycles. The number of carboxylic acids is 4. The Morgan fingerprint density at radius 1 is 0.538 bits per heavy atom. The first-order valence-corrected chi connectivity index (χ1v) is 2.13. The zero-order chi connectivity index (χ0) is 10.3. The smallest absolute Gasteiger partial charge is 0.0870 e. The van der Waals surface area contributed by atoms with Crippen molar-refractivity contribution < 1.29 is 60.0 Å². The van der Waals surface area contributed by atoms with Crippen molar-refractivity contribution in [1.82, 2.24) is 0 Å². The van der Waals surface area contributed by atoms with Gasteiger partial charge >= 0.3 is 0 Å². The fraction of sp³-hybridized carbons (Fsp3) is 0. The second-order valence-corrected chi connectivity index (χ2v) is 1.15. The summed E-state index contributed by atoms with van der Waals surface area (Å²) in [5.74, 6) is -8.74. The van der Waals surface area contributed by atoms with Crippen LogP contribution in [-0.4, -0.2) is 23.9 Å². The van der Waals surface area contributed by atoms with Crippen LogP contribution >= 0.6 is 0 Å². The Morgan fingerprint density at radius 2 is 0.615 bits per heavy atom. The Balaban J connectivity index is -0.000000143. The third-order valence-corrected chi connectivity index (χ3v) is 0.333. The van der Waals surface area contributed by atoms with Gasteiger partial charge in [-0.05, 0) is 0 Å². The van der Waals surface area contributed by atoms with Crippen LogP contribution in [0.1, 0.15) is 0 Å². The number of aliphatic carboxylic acids is 4. The first-order valence-electron chi connectivity index (χ1n) is 2.13. The standard InChI is InChI=1S/2C2H2O4.Pd/c2*3-1(4)2(5)6;/h2*(H,3,4)(H,5,6);/p-4. The molecule has 0 saturated carbocycles. The molecule has 0 N–H and O–H groups in total. The molecule has 0 aromatic carbocycles. The van der Waals surface area contributed by atoms with Crippen molar-refractivity contribution in [1.29, 1.82) is 0 Å². The minimum Gasteiger partial charge on any atom is -0.543 e. The van der Waals surface area contributed by atoms with Crippen LogP contribution in [0.3, 0.4) is 0 Å². The average molecular weight is 282 g/mol. The summed E-state index contributed by atoms with van der Waals surface area (Å²) in [6.45, 7) is 0. The quantitative estimate of drug-likeness (QED) is 0.313. The van der Waals surface area contributed by atoms with E-state index < -0.39 is 23.9 Å². The van der Waals surface area contributed by atoms with Gasteiger partial charge in [-0.2, -0.15) is 0 Å². The van der Waals surface area contributed by atoms with Crippen LogP contribution in [0.2, 0.25) is 0 Å². The van der Waals surface area contributed by atoms with Gasteiger partial charge in [-0.15, -0.1) is 0 Å². The van der Waals surface area contributed by atoms with Gasteiger partial charge in [0.25, 0.3) is 0 Å². The molecule has 0 amide bonds. The second-order valence-electron chi connectivity index (χ2n) is 1.15. The number of carbonyl (C=O) groups is 4. The monoisotopic (exact) mass is 282 g/mol. The molecule has 0 heterocycles. The van der Waals surface area contributed by atoms with Crippen molar-refractivity contribution >= 4 is 23.9 Å². The zero-order valence-corrected chi connectivity index (χ0v) is 7.14. The molecule has 0 atom stereocenters. The summed E-state index contributed by atoms with van der Waals surface area (Å²) >= 11 is 0. The minimum atomic E-state index is -2.19. The van der Waals surface area contributed by atoms with Gasteiger partial charge < -0.3 is 39.6 Å². The van der Waals surface area contributed by atoms with Gasteiger partial charge in [0.05, 0.1) is 23.9 Å². The molecule has 0 radical (unpaired) electrons. The molecule has 0 bridgehead atoms. The van der Waals surface area contributed by atoms with E-state index in [0.29, 0.717) is 0 Å². The Hall–Kier alpha value is -1.46. The molecule has 0 aliphatic rings. The molecule has 13 heavy (non-hydrogen) atoms. The molecule has 8 nitrogen and oxygen atoms in total. The zero-order valence-electron chi connectivity index (χ0n) is 5.58. The topological polar surface area (TPSA) is 161 Å². The molecule has 78 valence electrons. The maximum Gasteiger partial charge on any atom is 0.0870 e. The number of rotatable bonds is 0. The predicted octanol–water partition coefficient (Wildman–Crippen LogP) is -7.03. The molecule has 0 aliphatic heterocycles. The Kier molecular flexibility index (Phi) is 11.7. The van der Waals surface area contributed by atoms with Gasteiger partial charge in [0.2, 0.25) is 0 Å². The summed E-state index contributed by atoms with van der Waals surface area (Å²) in [4.78, 5) is 35.7. The van der Waals surface area contributed by atoms with Crippen molar-refractivity contribution in [2.45, 2.75) is 0 Å². The van der Waals surface area contributed by atoms with Gasteiger partial charge in [-0.25, -0.2) is 0 Å². The Morgan fingerprint density at radius 3 is 0.615 bits per heavy atom. The second kappa shape index (κ2) is 8.64. The van der Waals surface area contributed by atoms with E-state index in [4.69, 9.17) is 39.6 Å². The Bertz CT molecular complexity index is 172. The minimum absolute atomic E-state index is 0. The first kappa shape index (κ1) is 17.6. The van der Waals surface area contributed by atoms with Crippen LogP contribution in [0.25, 0.3) is 0 Å². The van der Waals surface area contributed by atoms with Crippen LogP contribution in [-0.2, 0) is 39.6 Å². The summed E-state index contributed by atoms with van der Waals surface area (Å²) < 4.78 is 0. The number of hydrogen-bond donors (Lipinski definition) is 0. The third kappa shape index (κ3) is 18.0. The maximum atomic E-state index is 8.93. The fourth-order valence-corrected chi connectivity index (χ4v) is 0. The van der Waals surface area contributed by atoms with E-state index in [1.54, 1.807) is 0 Å². The fourth-order valence-electron chi connectivity index (χ4n) is 0. The SMILES string of the molecule is O=C([O-])C(=O)[O-].O=C([O-])C(=O)[O-].[Pd]. The summed E-state index contributed by atoms with van der Waals surface area (Å²) in [5.41, 5.74) is 0. The average Bonchev–Trinajstić information content (AvgIpc) is 1.88. The van der Waals surface area contributed by atoms with Crippen LogP contribution in [0.5, 0.6) is 0 Å². The molecule has 9 heteroatoms. The van der Waals surface area contributed by atoms with E-state index in [1.807, 2.05) is 0 Å². The summed E-state index contributed by atoms with van der Waals surface area (Å²) in [6, 6.07) is 0. The molecular formula is C4O8Pd-4. The molecular weight excluding hydrogens is 282 g/mol. The summed E-state index contributed by atoms with van der Waals surface area (Å²) in [7, 11) is 0. The van der Waals surface area contributed by atoms with E-state index >= 15 is 0 Å². The summed E-state index contributed by atoms with van der Waals surface area (Å²) in [6.07, 6.45) is 0. The number of hydrogen-bond acceptors (Lipinski definition) is 8. The van der Waals surface area contributed by atoms with Gasteiger partial charge in [0, 0.05) is 20.4 Å². The van der Waals surface area contributed by atoms with Crippen LogP contribution in [0.4, 0.5) is 0 Å². The van der Waals surface area contributed by atoms with E-state index in [-0.39, 0.29) is 20.4 Å². The van der Waals surface area contributed by atoms with Crippen LogP contribution in [0.15, 0.2) is 0 Å². The molecule has 0 fully saturated rings. The number of carbonyl (C=O) groups excluding carboxylic acids is 4. The van der Waals surface area contributed by atoms with E-state index in [0.717, 1.165) is 0 Å². The summed E-state index contributed by atoms with van der Waals surface area (Å²) in [5, 5.41) is 35.7. The maximum absolute atomic E-state index is 8.93. The molecule has 0 rings (SSSR count). The molecule has 0 aromatic rings. The van der Waals surface area contributed by atoms with E-state index in [1.165, 1.54) is 0 Å². The van der Waals surface area contributed by atoms with Crippen LogP contribution < -0.4 is 20.4 Å². The van der Waals surface area contributed by atoms with Crippen molar-refractivity contribution in [2.24, 2.45) is 0 Å². The van der Waals surface area contributed by atoms with Crippen molar-refractivity contribution in [3.05, 3.63) is 0 Å². The molecule has 0 aromatic heterocycles. The normalized spacial score (nSPS) is 6.77. The number of carboxylic acid groups (broad SMARTS) is 4. The van der Waals surface area contributed by atoms with Gasteiger partial charge in [-0.1, -0.05) is 0 Å². The largest absolute Gasteiger partial charge is 0.543 e. The molecule has 0 unspecified atom stereocenters. The first-order chi connectivity index (χ1) is 5.29. The van der Waals surface area contributed by atoms with Crippen molar-refractivity contribution in [2.75, 3.05) is 0 Å². The van der Waals surface area contributed by atoms with Gasteiger partial charge in [0.15, 0.2) is 0 Å². The molecule has 0 spiro atoms. The van der Waals surface area contributed by atoms with E-state index in [2.05, 4.69) is 0 Å². The third-order valence-electron chi connectivity index (χ3n) is 0.333. The van der Waals surface area contributed by atoms with Crippen molar-refractivity contribution in [3.8, 4) is 0 Å². The molecule has 0 aliphatic carbocycles. The Labute approximate surface area is 84.4 Å². The van der Waals surface area contributed by atoms with Crippen LogP contribution in [0, 0.1) is 0 Å².